The van der Waals surface area contributed by atoms with Crippen molar-refractivity contribution in [2.24, 2.45) is 0 Å². The lowest BCUT2D eigenvalue weighted by Gasteiger charge is -2.19. The molecule has 0 fully saturated rings. The van der Waals surface area contributed by atoms with Crippen LogP contribution in [0.25, 0.3) is 0 Å². The molecule has 0 aromatic carbocycles. The minimum Gasteiger partial charge on any atom is -0.333 e. The standard InChI is InChI=1S/C7H12N2O/c1-5-8-6(10)9-7(2,3)4/h1H,2-4H3,(H2,8,9,10). The quantitative estimate of drug-likeness (QED) is 0.377. The van der Waals surface area contributed by atoms with E-state index in [0.29, 0.717) is 0 Å². The predicted octanol–water partition coefficient (Wildman–Crippen LogP) is 0.675. The summed E-state index contributed by atoms with van der Waals surface area (Å²) in [6.45, 7) is 5.63. The molecule has 0 heterocycles. The summed E-state index contributed by atoms with van der Waals surface area (Å²) in [5.41, 5.74) is -0.235. The molecular weight excluding hydrogens is 128 g/mol. The zero-order chi connectivity index (χ0) is 8.20. The summed E-state index contributed by atoms with van der Waals surface area (Å²) in [5.74, 6) is 0. The normalized spacial score (nSPS) is 9.80. The van der Waals surface area contributed by atoms with Gasteiger partial charge < -0.3 is 5.32 Å². The molecule has 0 rings (SSSR count). The Morgan fingerprint density at radius 3 is 2.30 bits per heavy atom. The van der Waals surface area contributed by atoms with E-state index in [1.807, 2.05) is 26.8 Å². The van der Waals surface area contributed by atoms with Crippen molar-refractivity contribution >= 4 is 6.03 Å². The fourth-order valence-corrected chi connectivity index (χ4v) is 0.437. The molecule has 0 aromatic rings. The highest BCUT2D eigenvalue weighted by molar-refractivity contribution is 5.76. The monoisotopic (exact) mass is 140 g/mol. The molecule has 3 heteroatoms. The van der Waals surface area contributed by atoms with Gasteiger partial charge in [-0.1, -0.05) is 6.42 Å². The van der Waals surface area contributed by atoms with Crippen LogP contribution in [0.1, 0.15) is 20.8 Å². The molecule has 2 amide bonds. The van der Waals surface area contributed by atoms with Crippen LogP contribution < -0.4 is 10.6 Å². The molecule has 0 aliphatic carbocycles. The van der Waals surface area contributed by atoms with E-state index in [2.05, 4.69) is 10.6 Å². The molecule has 0 atom stereocenters. The van der Waals surface area contributed by atoms with E-state index in [1.165, 1.54) is 0 Å². The SMILES string of the molecule is C#CNC(=O)NC(C)(C)C. The summed E-state index contributed by atoms with van der Waals surface area (Å²) < 4.78 is 0. The molecule has 2 N–H and O–H groups in total. The van der Waals surface area contributed by atoms with Gasteiger partial charge in [0.15, 0.2) is 0 Å². The average Bonchev–Trinajstić information content (AvgIpc) is 1.59. The van der Waals surface area contributed by atoms with Gasteiger partial charge in [0.05, 0.1) is 0 Å². The van der Waals surface area contributed by atoms with Crippen molar-refractivity contribution in [1.29, 1.82) is 0 Å². The van der Waals surface area contributed by atoms with Gasteiger partial charge in [0.1, 0.15) is 0 Å². The van der Waals surface area contributed by atoms with Crippen LogP contribution in [0.4, 0.5) is 4.79 Å². The van der Waals surface area contributed by atoms with Gasteiger partial charge in [-0.3, -0.25) is 5.32 Å². The molecule has 0 radical (unpaired) electrons. The molecule has 3 nitrogen and oxygen atoms in total. The number of carbonyl (C=O) groups excluding carboxylic acids is 1. The van der Waals surface area contributed by atoms with Crippen molar-refractivity contribution in [3.8, 4) is 12.5 Å². The van der Waals surface area contributed by atoms with Crippen molar-refractivity contribution in [3.05, 3.63) is 0 Å². The van der Waals surface area contributed by atoms with Crippen LogP contribution in [0.2, 0.25) is 0 Å². The summed E-state index contributed by atoms with van der Waals surface area (Å²) >= 11 is 0. The van der Waals surface area contributed by atoms with Crippen molar-refractivity contribution in [2.45, 2.75) is 26.3 Å². The molecule has 56 valence electrons. The van der Waals surface area contributed by atoms with Gasteiger partial charge in [0.25, 0.3) is 0 Å². The Kier molecular flexibility index (Phi) is 2.75. The van der Waals surface area contributed by atoms with Crippen molar-refractivity contribution < 1.29 is 4.79 Å². The van der Waals surface area contributed by atoms with Crippen LogP contribution in [-0.4, -0.2) is 11.6 Å². The van der Waals surface area contributed by atoms with E-state index in [-0.39, 0.29) is 11.6 Å². The molecule has 0 aromatic heterocycles. The lowest BCUT2D eigenvalue weighted by atomic mass is 10.1. The van der Waals surface area contributed by atoms with E-state index in [0.717, 1.165) is 0 Å². The molecule has 10 heavy (non-hydrogen) atoms. The first-order valence-corrected chi connectivity index (χ1v) is 2.99. The molecule has 0 aliphatic rings. The lowest BCUT2D eigenvalue weighted by molar-refractivity contribution is 0.236. The van der Waals surface area contributed by atoms with Gasteiger partial charge in [0, 0.05) is 11.6 Å². The minimum atomic E-state index is -0.338. The molecule has 0 saturated carbocycles. The number of urea groups is 1. The number of hydrogen-bond donors (Lipinski definition) is 2. The maximum absolute atomic E-state index is 10.7. The largest absolute Gasteiger partial charge is 0.333 e. The summed E-state index contributed by atoms with van der Waals surface area (Å²) in [6.07, 6.45) is 4.83. The van der Waals surface area contributed by atoms with Crippen LogP contribution in [0, 0.1) is 12.5 Å². The summed E-state index contributed by atoms with van der Waals surface area (Å²) in [5, 5.41) is 4.81. The Bertz CT molecular complexity index is 161. The van der Waals surface area contributed by atoms with E-state index in [9.17, 15) is 4.79 Å². The Morgan fingerprint density at radius 1 is 1.50 bits per heavy atom. The Labute approximate surface area is 61.2 Å². The van der Waals surface area contributed by atoms with Crippen LogP contribution in [0.3, 0.4) is 0 Å². The number of terminal acetylenes is 1. The Morgan fingerprint density at radius 2 is 2.00 bits per heavy atom. The molecule has 0 bridgehead atoms. The Hall–Kier alpha value is -1.17. The van der Waals surface area contributed by atoms with Gasteiger partial charge in [0.2, 0.25) is 0 Å². The van der Waals surface area contributed by atoms with Gasteiger partial charge in [-0.2, -0.15) is 0 Å². The Balaban J connectivity index is 3.72. The maximum Gasteiger partial charge on any atom is 0.326 e. The van der Waals surface area contributed by atoms with E-state index in [4.69, 9.17) is 6.42 Å². The van der Waals surface area contributed by atoms with Gasteiger partial charge in [-0.15, -0.1) is 0 Å². The molecular formula is C7H12N2O. The fraction of sp³-hybridized carbons (Fsp3) is 0.571. The van der Waals surface area contributed by atoms with E-state index in [1.54, 1.807) is 0 Å². The number of hydrogen-bond acceptors (Lipinski definition) is 1. The second-order valence-corrected chi connectivity index (χ2v) is 2.97. The van der Waals surface area contributed by atoms with E-state index < -0.39 is 0 Å². The molecule has 0 spiro atoms. The second kappa shape index (κ2) is 3.11. The summed E-state index contributed by atoms with van der Waals surface area (Å²) in [4.78, 5) is 10.7. The molecule has 0 aliphatic heterocycles. The molecule has 0 saturated heterocycles. The van der Waals surface area contributed by atoms with Gasteiger partial charge in [-0.25, -0.2) is 4.79 Å². The first-order valence-electron chi connectivity index (χ1n) is 2.99. The zero-order valence-corrected chi connectivity index (χ0v) is 6.49. The third-order valence-corrected chi connectivity index (χ3v) is 0.674. The second-order valence-electron chi connectivity index (χ2n) is 2.97. The lowest BCUT2D eigenvalue weighted by Crippen LogP contribution is -2.44. The average molecular weight is 140 g/mol. The van der Waals surface area contributed by atoms with Gasteiger partial charge >= 0.3 is 6.03 Å². The topological polar surface area (TPSA) is 41.1 Å². The predicted molar refractivity (Wildman–Crippen MR) is 40.3 cm³/mol. The minimum absolute atomic E-state index is 0.235. The smallest absolute Gasteiger partial charge is 0.326 e. The van der Waals surface area contributed by atoms with Crippen molar-refractivity contribution in [1.82, 2.24) is 10.6 Å². The number of rotatable bonds is 0. The van der Waals surface area contributed by atoms with Crippen LogP contribution in [0.5, 0.6) is 0 Å². The maximum atomic E-state index is 10.7. The summed E-state index contributed by atoms with van der Waals surface area (Å²) in [6, 6.07) is 1.69. The third-order valence-electron chi connectivity index (χ3n) is 0.674. The first-order chi connectivity index (χ1) is 4.45. The summed E-state index contributed by atoms with van der Waals surface area (Å²) in [7, 11) is 0. The fourth-order valence-electron chi connectivity index (χ4n) is 0.437. The van der Waals surface area contributed by atoms with E-state index >= 15 is 0 Å². The first kappa shape index (κ1) is 8.83. The zero-order valence-electron chi connectivity index (χ0n) is 6.49. The highest BCUT2D eigenvalue weighted by atomic mass is 16.2. The highest BCUT2D eigenvalue weighted by Gasteiger charge is 2.11. The number of carbonyl (C=O) groups is 1. The number of amides is 2. The van der Waals surface area contributed by atoms with Crippen LogP contribution in [-0.2, 0) is 0 Å². The molecule has 0 unspecified atom stereocenters. The van der Waals surface area contributed by atoms with Crippen molar-refractivity contribution in [2.75, 3.05) is 0 Å². The van der Waals surface area contributed by atoms with Crippen molar-refractivity contribution in [3.63, 3.8) is 0 Å². The third kappa shape index (κ3) is 4.98. The van der Waals surface area contributed by atoms with Crippen LogP contribution in [0.15, 0.2) is 0 Å². The highest BCUT2D eigenvalue weighted by Crippen LogP contribution is 1.96. The number of nitrogens with one attached hydrogen (secondary N) is 2. The van der Waals surface area contributed by atoms with Gasteiger partial charge in [-0.05, 0) is 20.8 Å². The van der Waals surface area contributed by atoms with Crippen LogP contribution >= 0.6 is 0 Å².